The van der Waals surface area contributed by atoms with Crippen molar-refractivity contribution in [3.63, 3.8) is 0 Å². The molecule has 2 fully saturated rings. The van der Waals surface area contributed by atoms with Crippen molar-refractivity contribution in [2.75, 3.05) is 20.1 Å². The van der Waals surface area contributed by atoms with Crippen molar-refractivity contribution < 1.29 is 0 Å². The van der Waals surface area contributed by atoms with Crippen LogP contribution in [0, 0.1) is 0 Å². The second kappa shape index (κ2) is 3.00. The molecule has 70 valence electrons. The highest BCUT2D eigenvalue weighted by atomic mass is 15.3. The van der Waals surface area contributed by atoms with E-state index < -0.39 is 0 Å². The maximum atomic E-state index is 2.72. The van der Waals surface area contributed by atoms with Crippen molar-refractivity contribution >= 4 is 0 Å². The molecule has 0 N–H and O–H groups in total. The molecule has 2 heterocycles. The number of hydrogen-bond acceptors (Lipinski definition) is 2. The van der Waals surface area contributed by atoms with Crippen LogP contribution in [0.1, 0.15) is 26.7 Å². The molecule has 0 aromatic rings. The lowest BCUT2D eigenvalue weighted by Crippen LogP contribution is -2.54. The minimum atomic E-state index is 0.746. The van der Waals surface area contributed by atoms with Gasteiger partial charge in [0.2, 0.25) is 0 Å². The van der Waals surface area contributed by atoms with Gasteiger partial charge in [0.1, 0.15) is 0 Å². The van der Waals surface area contributed by atoms with Crippen molar-refractivity contribution in [1.29, 1.82) is 0 Å². The number of rotatable bonds is 1. The van der Waals surface area contributed by atoms with Gasteiger partial charge >= 0.3 is 0 Å². The van der Waals surface area contributed by atoms with E-state index >= 15 is 0 Å². The zero-order chi connectivity index (χ0) is 8.72. The largest absolute Gasteiger partial charge is 0.303 e. The van der Waals surface area contributed by atoms with Gasteiger partial charge in [-0.3, -0.25) is 4.90 Å². The van der Waals surface area contributed by atoms with E-state index in [-0.39, 0.29) is 0 Å². The van der Waals surface area contributed by atoms with E-state index in [9.17, 15) is 0 Å². The molecule has 2 aliphatic heterocycles. The average Bonchev–Trinajstić information content (AvgIpc) is 2.24. The summed E-state index contributed by atoms with van der Waals surface area (Å²) in [5, 5.41) is 0. The lowest BCUT2D eigenvalue weighted by atomic mass is 10.1. The van der Waals surface area contributed by atoms with Crippen LogP contribution in [0.3, 0.4) is 0 Å². The second-order valence-corrected chi connectivity index (χ2v) is 4.65. The van der Waals surface area contributed by atoms with E-state index in [0.717, 1.165) is 18.1 Å². The fourth-order valence-corrected chi connectivity index (χ4v) is 2.99. The van der Waals surface area contributed by atoms with Gasteiger partial charge in [-0.1, -0.05) is 0 Å². The van der Waals surface area contributed by atoms with Gasteiger partial charge in [0.25, 0.3) is 0 Å². The molecule has 0 saturated carbocycles. The molecule has 0 aromatic carbocycles. The van der Waals surface area contributed by atoms with Crippen LogP contribution in [-0.2, 0) is 0 Å². The van der Waals surface area contributed by atoms with Crippen LogP contribution in [0.2, 0.25) is 0 Å². The summed E-state index contributed by atoms with van der Waals surface area (Å²) in [6, 6.07) is 2.46. The molecule has 2 nitrogen and oxygen atoms in total. The Balaban J connectivity index is 2.09. The van der Waals surface area contributed by atoms with E-state index in [4.69, 9.17) is 0 Å². The Morgan fingerprint density at radius 1 is 1.08 bits per heavy atom. The van der Waals surface area contributed by atoms with Crippen molar-refractivity contribution in [1.82, 2.24) is 9.80 Å². The van der Waals surface area contributed by atoms with Crippen molar-refractivity contribution in [3.05, 3.63) is 0 Å². The van der Waals surface area contributed by atoms with Gasteiger partial charge in [-0.25, -0.2) is 0 Å². The summed E-state index contributed by atoms with van der Waals surface area (Å²) in [5.41, 5.74) is 0. The maximum absolute atomic E-state index is 2.72. The first-order valence-electron chi connectivity index (χ1n) is 5.14. The third-order valence-electron chi connectivity index (χ3n) is 3.32. The molecule has 0 spiro atoms. The third-order valence-corrected chi connectivity index (χ3v) is 3.32. The topological polar surface area (TPSA) is 6.48 Å². The first-order chi connectivity index (χ1) is 5.68. The molecule has 12 heavy (non-hydrogen) atoms. The summed E-state index contributed by atoms with van der Waals surface area (Å²) < 4.78 is 0. The Kier molecular flexibility index (Phi) is 2.13. The van der Waals surface area contributed by atoms with Crippen LogP contribution in [0.5, 0.6) is 0 Å². The second-order valence-electron chi connectivity index (χ2n) is 4.65. The summed E-state index contributed by atoms with van der Waals surface area (Å²) in [7, 11) is 2.25. The maximum Gasteiger partial charge on any atom is 0.0229 e. The molecular weight excluding hydrogens is 148 g/mol. The van der Waals surface area contributed by atoms with Gasteiger partial charge in [0, 0.05) is 31.2 Å². The van der Waals surface area contributed by atoms with Gasteiger partial charge < -0.3 is 4.90 Å². The molecule has 0 amide bonds. The lowest BCUT2D eigenvalue weighted by Gasteiger charge is -2.41. The van der Waals surface area contributed by atoms with E-state index in [2.05, 4.69) is 30.7 Å². The SMILES string of the molecule is CC(C)N1C2CCC1CN(C)C2. The first-order valence-corrected chi connectivity index (χ1v) is 5.14. The highest BCUT2D eigenvalue weighted by molar-refractivity contribution is 4.96. The van der Waals surface area contributed by atoms with Crippen LogP contribution in [0.25, 0.3) is 0 Å². The summed E-state index contributed by atoms with van der Waals surface area (Å²) in [6.45, 7) is 7.23. The lowest BCUT2D eigenvalue weighted by molar-refractivity contribution is 0.0567. The summed E-state index contributed by atoms with van der Waals surface area (Å²) >= 11 is 0. The third kappa shape index (κ3) is 1.27. The molecule has 2 aliphatic rings. The Hall–Kier alpha value is -0.0800. The summed E-state index contributed by atoms with van der Waals surface area (Å²) in [5.74, 6) is 0. The van der Waals surface area contributed by atoms with E-state index in [1.54, 1.807) is 0 Å². The van der Waals surface area contributed by atoms with Gasteiger partial charge in [0.15, 0.2) is 0 Å². The fourth-order valence-electron chi connectivity index (χ4n) is 2.99. The number of likely N-dealkylation sites (N-methyl/N-ethyl adjacent to an activating group) is 1. The Morgan fingerprint density at radius 2 is 1.58 bits per heavy atom. The van der Waals surface area contributed by atoms with E-state index in [0.29, 0.717) is 0 Å². The highest BCUT2D eigenvalue weighted by Crippen LogP contribution is 2.30. The number of likely N-dealkylation sites (tertiary alicyclic amines) is 1. The standard InChI is InChI=1S/C10H20N2/c1-8(2)12-9-4-5-10(12)7-11(3)6-9/h8-10H,4-7H2,1-3H3. The zero-order valence-electron chi connectivity index (χ0n) is 8.45. The van der Waals surface area contributed by atoms with Crippen LogP contribution < -0.4 is 0 Å². The molecule has 2 rings (SSSR count). The first kappa shape index (κ1) is 8.52. The molecule has 2 atom stereocenters. The number of fused-ring (bicyclic) bond motifs is 2. The zero-order valence-corrected chi connectivity index (χ0v) is 8.45. The van der Waals surface area contributed by atoms with Gasteiger partial charge in [0.05, 0.1) is 0 Å². The van der Waals surface area contributed by atoms with E-state index in [1.165, 1.54) is 25.9 Å². The quantitative estimate of drug-likeness (QED) is 0.580. The average molecular weight is 168 g/mol. The summed E-state index contributed by atoms with van der Waals surface area (Å²) in [4.78, 5) is 5.21. The molecule has 2 unspecified atom stereocenters. The van der Waals surface area contributed by atoms with Crippen molar-refractivity contribution in [2.45, 2.75) is 44.8 Å². The molecule has 0 aliphatic carbocycles. The fraction of sp³-hybridized carbons (Fsp3) is 1.00. The molecule has 2 saturated heterocycles. The van der Waals surface area contributed by atoms with Crippen LogP contribution in [0.4, 0.5) is 0 Å². The van der Waals surface area contributed by atoms with Crippen LogP contribution in [-0.4, -0.2) is 48.1 Å². The Labute approximate surface area is 75.5 Å². The molecule has 2 bridgehead atoms. The number of hydrogen-bond donors (Lipinski definition) is 0. The van der Waals surface area contributed by atoms with Crippen molar-refractivity contribution in [2.24, 2.45) is 0 Å². The van der Waals surface area contributed by atoms with Crippen LogP contribution >= 0.6 is 0 Å². The molecule has 0 radical (unpaired) electrons. The normalized spacial score (nSPS) is 38.0. The Morgan fingerprint density at radius 3 is 2.00 bits per heavy atom. The van der Waals surface area contributed by atoms with E-state index in [1.807, 2.05) is 0 Å². The van der Waals surface area contributed by atoms with Gasteiger partial charge in [-0.2, -0.15) is 0 Å². The van der Waals surface area contributed by atoms with Gasteiger partial charge in [-0.15, -0.1) is 0 Å². The monoisotopic (exact) mass is 168 g/mol. The molecular formula is C10H20N2. The van der Waals surface area contributed by atoms with Crippen LogP contribution in [0.15, 0.2) is 0 Å². The molecule has 0 aromatic heterocycles. The minimum absolute atomic E-state index is 0.746. The summed E-state index contributed by atoms with van der Waals surface area (Å²) in [6.07, 6.45) is 2.85. The van der Waals surface area contributed by atoms with Crippen molar-refractivity contribution in [3.8, 4) is 0 Å². The Bertz CT molecular complexity index is 153. The predicted octanol–water partition coefficient (Wildman–Crippen LogP) is 1.17. The highest BCUT2D eigenvalue weighted by Gasteiger charge is 2.39. The number of nitrogens with zero attached hydrogens (tertiary/aromatic N) is 2. The minimum Gasteiger partial charge on any atom is -0.303 e. The van der Waals surface area contributed by atoms with Gasteiger partial charge in [-0.05, 0) is 33.7 Å². The smallest absolute Gasteiger partial charge is 0.0229 e. The predicted molar refractivity (Wildman–Crippen MR) is 51.3 cm³/mol. The molecule has 2 heteroatoms. The number of piperazine rings is 1.